The van der Waals surface area contributed by atoms with E-state index in [0.717, 1.165) is 5.56 Å². The maximum Gasteiger partial charge on any atom is 0.265 e. The van der Waals surface area contributed by atoms with E-state index in [4.69, 9.17) is 33.3 Å². The first-order valence-corrected chi connectivity index (χ1v) is 10.7. The largest absolute Gasteiger partial charge is 0.493 e. The molecule has 2 aromatic rings. The molecule has 6 nitrogen and oxygen atoms in total. The number of rotatable bonds is 7. The Morgan fingerprint density at radius 2 is 2.00 bits per heavy atom. The maximum absolute atomic E-state index is 12.7. The van der Waals surface area contributed by atoms with E-state index in [9.17, 15) is 9.59 Å². The molecule has 1 fully saturated rings. The lowest BCUT2D eigenvalue weighted by atomic mass is 10.1. The number of thiocarbonyl (C=S) groups is 1. The number of benzene rings is 2. The molecule has 1 aliphatic heterocycles. The summed E-state index contributed by atoms with van der Waals surface area (Å²) in [6.07, 6.45) is 3.00. The van der Waals surface area contributed by atoms with Crippen LogP contribution in [0.4, 0.5) is 0 Å². The van der Waals surface area contributed by atoms with Crippen molar-refractivity contribution in [2.45, 2.75) is 6.61 Å². The fourth-order valence-corrected chi connectivity index (χ4v) is 3.73. The number of ether oxygens (including phenoxy) is 2. The normalized spacial score (nSPS) is 15.1. The van der Waals surface area contributed by atoms with Gasteiger partial charge in [-0.2, -0.15) is 0 Å². The summed E-state index contributed by atoms with van der Waals surface area (Å²) < 4.78 is 11.9. The number of amides is 2. The minimum Gasteiger partial charge on any atom is -0.493 e. The summed E-state index contributed by atoms with van der Waals surface area (Å²) in [4.78, 5) is 26.4. The first-order valence-electron chi connectivity index (χ1n) is 9.09. The predicted octanol–water partition coefficient (Wildman–Crippen LogP) is 4.50. The van der Waals surface area contributed by atoms with Crippen molar-refractivity contribution in [1.29, 1.82) is 0 Å². The van der Waals surface area contributed by atoms with Crippen LogP contribution in [-0.4, -0.2) is 35.5 Å². The van der Waals surface area contributed by atoms with E-state index >= 15 is 0 Å². The average Bonchev–Trinajstić information content (AvgIpc) is 2.74. The Hall–Kier alpha value is -2.68. The van der Waals surface area contributed by atoms with Crippen LogP contribution in [0.2, 0.25) is 5.02 Å². The summed E-state index contributed by atoms with van der Waals surface area (Å²) in [5.74, 6) is -0.159. The van der Waals surface area contributed by atoms with Gasteiger partial charge in [-0.15, -0.1) is 6.58 Å². The highest BCUT2D eigenvalue weighted by Gasteiger charge is 2.32. The SMILES string of the molecule is C=CCN1C(=O)/C(=C/c2cc(OC)c(OCc3ccccc3Cl)cc2Br)C(=O)NC1=S. The zero-order chi connectivity index (χ0) is 22.5. The van der Waals surface area contributed by atoms with Crippen molar-refractivity contribution < 1.29 is 19.1 Å². The molecule has 1 heterocycles. The number of nitrogens with one attached hydrogen (secondary N) is 1. The van der Waals surface area contributed by atoms with E-state index in [-0.39, 0.29) is 23.8 Å². The van der Waals surface area contributed by atoms with Gasteiger partial charge in [-0.25, -0.2) is 0 Å². The number of carbonyl (C=O) groups is 2. The molecule has 3 rings (SSSR count). The van der Waals surface area contributed by atoms with Crippen molar-refractivity contribution in [3.8, 4) is 11.5 Å². The van der Waals surface area contributed by atoms with Crippen LogP contribution in [-0.2, 0) is 16.2 Å². The zero-order valence-electron chi connectivity index (χ0n) is 16.5. The Morgan fingerprint density at radius 1 is 1.26 bits per heavy atom. The van der Waals surface area contributed by atoms with E-state index in [1.807, 2.05) is 18.2 Å². The molecule has 1 aliphatic rings. The van der Waals surface area contributed by atoms with Gasteiger partial charge in [0, 0.05) is 21.6 Å². The summed E-state index contributed by atoms with van der Waals surface area (Å²) in [6, 6.07) is 10.8. The molecule has 0 atom stereocenters. The van der Waals surface area contributed by atoms with Gasteiger partial charge in [0.2, 0.25) is 0 Å². The van der Waals surface area contributed by atoms with Crippen LogP contribution in [0.15, 0.2) is 59.1 Å². The van der Waals surface area contributed by atoms with Gasteiger partial charge in [0.05, 0.1) is 7.11 Å². The highest BCUT2D eigenvalue weighted by atomic mass is 79.9. The molecule has 0 bridgehead atoms. The Kier molecular flexibility index (Phi) is 7.48. The van der Waals surface area contributed by atoms with Gasteiger partial charge in [-0.3, -0.25) is 19.8 Å². The quantitative estimate of drug-likeness (QED) is 0.251. The second-order valence-electron chi connectivity index (χ2n) is 6.43. The lowest BCUT2D eigenvalue weighted by molar-refractivity contribution is -0.128. The molecule has 9 heteroatoms. The van der Waals surface area contributed by atoms with Crippen molar-refractivity contribution >= 4 is 62.8 Å². The van der Waals surface area contributed by atoms with E-state index in [1.54, 1.807) is 18.2 Å². The van der Waals surface area contributed by atoms with Crippen LogP contribution in [0.5, 0.6) is 11.5 Å². The van der Waals surface area contributed by atoms with Gasteiger partial charge in [-0.05, 0) is 42.1 Å². The van der Waals surface area contributed by atoms with Crippen molar-refractivity contribution in [2.75, 3.05) is 13.7 Å². The molecule has 2 amide bonds. The van der Waals surface area contributed by atoms with Crippen LogP contribution < -0.4 is 14.8 Å². The fraction of sp³-hybridized carbons (Fsp3) is 0.136. The molecule has 0 saturated carbocycles. The standard InChI is InChI=1S/C22H18BrClN2O4S/c1-3-8-26-21(28)15(20(27)25-22(26)31)9-14-10-18(29-2)19(11-16(14)23)30-12-13-6-4-5-7-17(13)24/h3-7,9-11H,1,8,12H2,2H3,(H,25,27,31)/b15-9+. The summed E-state index contributed by atoms with van der Waals surface area (Å²) in [6.45, 7) is 4.05. The van der Waals surface area contributed by atoms with Crippen LogP contribution in [0, 0.1) is 0 Å². The number of methoxy groups -OCH3 is 1. The number of halogens is 2. The second kappa shape index (κ2) is 10.1. The molecular formula is C22H18BrClN2O4S. The first kappa shape index (κ1) is 23.0. The molecule has 31 heavy (non-hydrogen) atoms. The van der Waals surface area contributed by atoms with E-state index < -0.39 is 11.8 Å². The molecule has 0 aliphatic carbocycles. The Bertz CT molecular complexity index is 1100. The van der Waals surface area contributed by atoms with Crippen LogP contribution in [0.3, 0.4) is 0 Å². The third-order valence-electron chi connectivity index (χ3n) is 4.42. The highest BCUT2D eigenvalue weighted by molar-refractivity contribution is 9.10. The second-order valence-corrected chi connectivity index (χ2v) is 8.07. The summed E-state index contributed by atoms with van der Waals surface area (Å²) in [5, 5.41) is 3.17. The minimum absolute atomic E-state index is 0.0482. The Balaban J connectivity index is 1.91. The van der Waals surface area contributed by atoms with Gasteiger partial charge >= 0.3 is 0 Å². The van der Waals surface area contributed by atoms with Gasteiger partial charge in [0.15, 0.2) is 16.6 Å². The molecule has 0 unspecified atom stereocenters. The lowest BCUT2D eigenvalue weighted by Crippen LogP contribution is -2.53. The topological polar surface area (TPSA) is 67.9 Å². The third-order valence-corrected chi connectivity index (χ3v) is 5.80. The molecule has 0 spiro atoms. The molecule has 1 saturated heterocycles. The van der Waals surface area contributed by atoms with Crippen molar-refractivity contribution in [3.05, 3.63) is 75.2 Å². The monoisotopic (exact) mass is 520 g/mol. The molecule has 2 aromatic carbocycles. The number of hydrogen-bond acceptors (Lipinski definition) is 5. The predicted molar refractivity (Wildman–Crippen MR) is 127 cm³/mol. The lowest BCUT2D eigenvalue weighted by Gasteiger charge is -2.27. The molecule has 1 N–H and O–H groups in total. The van der Waals surface area contributed by atoms with Gasteiger partial charge in [0.25, 0.3) is 11.8 Å². The number of carbonyl (C=O) groups excluding carboxylic acids is 2. The Morgan fingerprint density at radius 3 is 2.68 bits per heavy atom. The number of nitrogens with zero attached hydrogens (tertiary/aromatic N) is 1. The summed E-state index contributed by atoms with van der Waals surface area (Å²) >= 11 is 14.7. The Labute approximate surface area is 198 Å². The van der Waals surface area contributed by atoms with E-state index in [0.29, 0.717) is 26.6 Å². The first-order chi connectivity index (χ1) is 14.8. The van der Waals surface area contributed by atoms with Gasteiger partial charge < -0.3 is 9.47 Å². The van der Waals surface area contributed by atoms with Crippen LogP contribution in [0.1, 0.15) is 11.1 Å². The molecular weight excluding hydrogens is 504 g/mol. The maximum atomic E-state index is 12.7. The zero-order valence-corrected chi connectivity index (χ0v) is 19.6. The molecule has 160 valence electrons. The summed E-state index contributed by atoms with van der Waals surface area (Å²) in [5.41, 5.74) is 1.34. The van der Waals surface area contributed by atoms with Crippen molar-refractivity contribution in [1.82, 2.24) is 10.2 Å². The van der Waals surface area contributed by atoms with E-state index in [2.05, 4.69) is 27.8 Å². The van der Waals surface area contributed by atoms with Crippen LogP contribution >= 0.6 is 39.7 Å². The fourth-order valence-electron chi connectivity index (χ4n) is 2.85. The van der Waals surface area contributed by atoms with Crippen molar-refractivity contribution in [3.63, 3.8) is 0 Å². The average molecular weight is 522 g/mol. The van der Waals surface area contributed by atoms with E-state index in [1.165, 1.54) is 24.2 Å². The molecule has 0 aromatic heterocycles. The minimum atomic E-state index is -0.569. The van der Waals surface area contributed by atoms with Crippen LogP contribution in [0.25, 0.3) is 6.08 Å². The third kappa shape index (κ3) is 5.15. The summed E-state index contributed by atoms with van der Waals surface area (Å²) in [7, 11) is 1.51. The van der Waals surface area contributed by atoms with Gasteiger partial charge in [-0.1, -0.05) is 51.8 Å². The smallest absolute Gasteiger partial charge is 0.265 e. The van der Waals surface area contributed by atoms with Gasteiger partial charge in [0.1, 0.15) is 12.2 Å². The van der Waals surface area contributed by atoms with Crippen molar-refractivity contribution in [2.24, 2.45) is 0 Å². The molecule has 0 radical (unpaired) electrons. The number of hydrogen-bond donors (Lipinski definition) is 1. The highest BCUT2D eigenvalue weighted by Crippen LogP contribution is 2.35.